The minimum Gasteiger partial charge on any atom is -0.349 e. The molecule has 0 spiro atoms. The fraction of sp³-hybridized carbons (Fsp3) is 0.533. The van der Waals surface area contributed by atoms with Crippen LogP contribution in [0.15, 0.2) is 24.3 Å². The maximum Gasteiger partial charge on any atom is 0.269 e. The Balaban J connectivity index is 1.94. The van der Waals surface area contributed by atoms with Crippen molar-refractivity contribution in [3.05, 3.63) is 39.9 Å². The normalized spacial score (nSPS) is 17.4. The van der Waals surface area contributed by atoms with Crippen molar-refractivity contribution in [2.24, 2.45) is 5.92 Å². The lowest BCUT2D eigenvalue weighted by Gasteiger charge is -2.23. The zero-order valence-electron chi connectivity index (χ0n) is 11.7. The van der Waals surface area contributed by atoms with Gasteiger partial charge in [0, 0.05) is 18.1 Å². The van der Waals surface area contributed by atoms with Crippen molar-refractivity contribution in [3.63, 3.8) is 0 Å². The fourth-order valence-corrected chi connectivity index (χ4v) is 2.66. The molecule has 0 saturated heterocycles. The first-order valence-corrected chi connectivity index (χ1v) is 7.12. The van der Waals surface area contributed by atoms with Crippen LogP contribution in [0.5, 0.6) is 0 Å². The van der Waals surface area contributed by atoms with Crippen molar-refractivity contribution >= 4 is 11.6 Å². The Morgan fingerprint density at radius 3 is 2.40 bits per heavy atom. The molecule has 1 aliphatic rings. The molecule has 1 saturated carbocycles. The van der Waals surface area contributed by atoms with E-state index in [1.54, 1.807) is 12.1 Å². The number of non-ortho nitro benzene ring substituents is 1. The van der Waals surface area contributed by atoms with E-state index in [0.717, 1.165) is 31.2 Å². The number of nitrogens with one attached hydrogen (secondary N) is 1. The molecule has 1 aromatic rings. The predicted octanol–water partition coefficient (Wildman–Crippen LogP) is 3.35. The van der Waals surface area contributed by atoms with Gasteiger partial charge in [-0.3, -0.25) is 14.9 Å². The van der Waals surface area contributed by atoms with Crippen LogP contribution < -0.4 is 5.32 Å². The van der Waals surface area contributed by atoms with Crippen molar-refractivity contribution < 1.29 is 9.72 Å². The van der Waals surface area contributed by atoms with E-state index in [0.29, 0.717) is 0 Å². The molecule has 108 valence electrons. The maximum absolute atomic E-state index is 12.1. The molecule has 20 heavy (non-hydrogen) atoms. The summed E-state index contributed by atoms with van der Waals surface area (Å²) in [5.41, 5.74) is 0.958. The number of hydrogen-bond donors (Lipinski definition) is 1. The van der Waals surface area contributed by atoms with Crippen LogP contribution in [0.1, 0.15) is 50.6 Å². The lowest BCUT2D eigenvalue weighted by Crippen LogP contribution is -2.33. The number of amides is 1. The predicted molar refractivity (Wildman–Crippen MR) is 76.2 cm³/mol. The van der Waals surface area contributed by atoms with Crippen LogP contribution in [-0.2, 0) is 4.79 Å². The molecule has 0 aromatic heterocycles. The van der Waals surface area contributed by atoms with Gasteiger partial charge >= 0.3 is 0 Å². The molecule has 5 heteroatoms. The van der Waals surface area contributed by atoms with Crippen molar-refractivity contribution in [1.82, 2.24) is 5.32 Å². The first-order valence-electron chi connectivity index (χ1n) is 7.12. The number of hydrogen-bond acceptors (Lipinski definition) is 3. The third-order valence-corrected chi connectivity index (χ3v) is 3.94. The number of benzene rings is 1. The Bertz CT molecular complexity index is 478. The lowest BCUT2D eigenvalue weighted by atomic mass is 9.88. The largest absolute Gasteiger partial charge is 0.349 e. The molecule has 0 aliphatic heterocycles. The third kappa shape index (κ3) is 3.56. The Labute approximate surface area is 118 Å². The van der Waals surface area contributed by atoms with Gasteiger partial charge < -0.3 is 5.32 Å². The molecule has 1 aliphatic carbocycles. The van der Waals surface area contributed by atoms with E-state index >= 15 is 0 Å². The summed E-state index contributed by atoms with van der Waals surface area (Å²) < 4.78 is 0. The number of carbonyl (C=O) groups is 1. The second kappa shape index (κ2) is 6.50. The fourth-order valence-electron chi connectivity index (χ4n) is 2.66. The van der Waals surface area contributed by atoms with Gasteiger partial charge in [0.05, 0.1) is 11.0 Å². The van der Waals surface area contributed by atoms with E-state index in [9.17, 15) is 14.9 Å². The van der Waals surface area contributed by atoms with Crippen LogP contribution in [0.4, 0.5) is 5.69 Å². The van der Waals surface area contributed by atoms with Crippen LogP contribution in [0.3, 0.4) is 0 Å². The van der Waals surface area contributed by atoms with E-state index in [-0.39, 0.29) is 23.6 Å². The minimum absolute atomic E-state index is 0.0690. The highest BCUT2D eigenvalue weighted by Gasteiger charge is 2.22. The molecule has 1 amide bonds. The van der Waals surface area contributed by atoms with Crippen LogP contribution in [-0.4, -0.2) is 10.8 Å². The average molecular weight is 276 g/mol. The summed E-state index contributed by atoms with van der Waals surface area (Å²) in [6.07, 6.45) is 5.42. The Kier molecular flexibility index (Phi) is 4.71. The number of carbonyl (C=O) groups excluding carboxylic acids is 1. The van der Waals surface area contributed by atoms with Crippen molar-refractivity contribution in [3.8, 4) is 0 Å². The second-order valence-electron chi connectivity index (χ2n) is 5.41. The van der Waals surface area contributed by atoms with E-state index in [4.69, 9.17) is 0 Å². The summed E-state index contributed by atoms with van der Waals surface area (Å²) in [4.78, 5) is 22.3. The van der Waals surface area contributed by atoms with Crippen molar-refractivity contribution in [2.45, 2.75) is 45.1 Å². The lowest BCUT2D eigenvalue weighted by molar-refractivity contribution is -0.384. The summed E-state index contributed by atoms with van der Waals surface area (Å²) in [5, 5.41) is 13.6. The van der Waals surface area contributed by atoms with E-state index in [1.807, 2.05) is 6.92 Å². The molecular weight excluding hydrogens is 256 g/mol. The van der Waals surface area contributed by atoms with Crippen LogP contribution >= 0.6 is 0 Å². The molecule has 1 N–H and O–H groups in total. The highest BCUT2D eigenvalue weighted by Crippen LogP contribution is 2.25. The van der Waals surface area contributed by atoms with Gasteiger partial charge in [0.15, 0.2) is 0 Å². The van der Waals surface area contributed by atoms with Gasteiger partial charge in [-0.1, -0.05) is 31.4 Å². The van der Waals surface area contributed by atoms with Crippen LogP contribution in [0.2, 0.25) is 0 Å². The van der Waals surface area contributed by atoms with Crippen molar-refractivity contribution in [2.75, 3.05) is 0 Å². The highest BCUT2D eigenvalue weighted by molar-refractivity contribution is 5.79. The molecule has 5 nitrogen and oxygen atoms in total. The zero-order valence-corrected chi connectivity index (χ0v) is 11.7. The molecule has 0 bridgehead atoms. The summed E-state index contributed by atoms with van der Waals surface area (Å²) in [6, 6.07) is 6.22. The Hall–Kier alpha value is -1.91. The van der Waals surface area contributed by atoms with E-state index in [2.05, 4.69) is 5.32 Å². The molecule has 1 fully saturated rings. The quantitative estimate of drug-likeness (QED) is 0.677. The number of nitro benzene ring substituents is 1. The monoisotopic (exact) mass is 276 g/mol. The molecular formula is C15H20N2O3. The molecule has 0 radical (unpaired) electrons. The van der Waals surface area contributed by atoms with E-state index in [1.165, 1.54) is 18.6 Å². The number of rotatable bonds is 4. The number of nitrogens with zero attached hydrogens (tertiary/aromatic N) is 1. The standard InChI is InChI=1S/C15H20N2O3/c1-11(12-7-9-14(10-8-12)17(19)20)16-15(18)13-5-3-2-4-6-13/h7-11,13H,2-6H2,1H3,(H,16,18)/t11-/m0/s1. The van der Waals surface area contributed by atoms with Gasteiger partial charge in [-0.15, -0.1) is 0 Å². The van der Waals surface area contributed by atoms with Gasteiger partial charge in [0.1, 0.15) is 0 Å². The van der Waals surface area contributed by atoms with Crippen LogP contribution in [0, 0.1) is 16.0 Å². The molecule has 1 atom stereocenters. The Morgan fingerprint density at radius 1 is 1.25 bits per heavy atom. The smallest absolute Gasteiger partial charge is 0.269 e. The molecule has 2 rings (SSSR count). The summed E-state index contributed by atoms with van der Waals surface area (Å²) >= 11 is 0. The topological polar surface area (TPSA) is 72.2 Å². The second-order valence-corrected chi connectivity index (χ2v) is 5.41. The molecule has 0 unspecified atom stereocenters. The van der Waals surface area contributed by atoms with Gasteiger partial charge in [0.25, 0.3) is 5.69 Å². The molecule has 0 heterocycles. The summed E-state index contributed by atoms with van der Waals surface area (Å²) in [7, 11) is 0. The van der Waals surface area contributed by atoms with E-state index < -0.39 is 4.92 Å². The first kappa shape index (κ1) is 14.5. The van der Waals surface area contributed by atoms with Gasteiger partial charge in [-0.2, -0.15) is 0 Å². The van der Waals surface area contributed by atoms with Gasteiger partial charge in [-0.05, 0) is 25.3 Å². The van der Waals surface area contributed by atoms with Gasteiger partial charge in [-0.25, -0.2) is 0 Å². The third-order valence-electron chi connectivity index (χ3n) is 3.94. The molecule has 1 aromatic carbocycles. The SMILES string of the molecule is C[C@H](NC(=O)C1CCCCC1)c1ccc([N+](=O)[O-])cc1. The zero-order chi connectivity index (χ0) is 14.5. The summed E-state index contributed by atoms with van der Waals surface area (Å²) in [6.45, 7) is 1.90. The maximum atomic E-state index is 12.1. The highest BCUT2D eigenvalue weighted by atomic mass is 16.6. The average Bonchev–Trinajstić information content (AvgIpc) is 2.48. The number of nitro groups is 1. The first-order chi connectivity index (χ1) is 9.58. The minimum atomic E-state index is -0.422. The van der Waals surface area contributed by atoms with Crippen molar-refractivity contribution in [1.29, 1.82) is 0 Å². The van der Waals surface area contributed by atoms with Gasteiger partial charge in [0.2, 0.25) is 5.91 Å². The Morgan fingerprint density at radius 2 is 1.85 bits per heavy atom. The summed E-state index contributed by atoms with van der Waals surface area (Å²) in [5.74, 6) is 0.236. The van der Waals surface area contributed by atoms with Crippen LogP contribution in [0.25, 0.3) is 0 Å².